The summed E-state index contributed by atoms with van der Waals surface area (Å²) in [6.45, 7) is 0. The number of hydrogen-bond acceptors (Lipinski definition) is 2. The van der Waals surface area contributed by atoms with Crippen LogP contribution in [0, 0.1) is 0 Å². The van der Waals surface area contributed by atoms with Crippen LogP contribution in [0.4, 0.5) is 0 Å². The van der Waals surface area contributed by atoms with Crippen LogP contribution in [0.3, 0.4) is 0 Å². The van der Waals surface area contributed by atoms with Crippen molar-refractivity contribution < 1.29 is 9.47 Å². The highest BCUT2D eigenvalue weighted by molar-refractivity contribution is 9.10. The number of benzene rings is 2. The van der Waals surface area contributed by atoms with E-state index < -0.39 is 0 Å². The third-order valence-corrected chi connectivity index (χ3v) is 3.33. The van der Waals surface area contributed by atoms with Crippen molar-refractivity contribution >= 4 is 15.9 Å². The molecule has 0 aromatic heterocycles. The molecule has 0 bridgehead atoms. The molecular weight excluding hydrogens is 292 g/mol. The summed E-state index contributed by atoms with van der Waals surface area (Å²) in [7, 11) is 3.29. The van der Waals surface area contributed by atoms with E-state index in [1.807, 2.05) is 24.3 Å². The Morgan fingerprint density at radius 2 is 1.67 bits per heavy atom. The lowest BCUT2D eigenvalue weighted by atomic mass is 10.0. The average Bonchev–Trinajstić information content (AvgIpc) is 2.39. The van der Waals surface area contributed by atoms with E-state index in [9.17, 15) is 0 Å². The molecule has 2 rings (SSSR count). The summed E-state index contributed by atoms with van der Waals surface area (Å²) in [5, 5.41) is 0. The fraction of sp³-hybridized carbons (Fsp3) is 0.200. The lowest BCUT2D eigenvalue weighted by molar-refractivity contribution is 0.352. The topological polar surface area (TPSA) is 18.5 Å². The maximum absolute atomic E-state index is 5.34. The normalized spacial score (nSPS) is 10.2. The second-order valence-electron chi connectivity index (χ2n) is 3.98. The van der Waals surface area contributed by atoms with E-state index in [0.29, 0.717) is 0 Å². The molecule has 0 saturated carbocycles. The maximum atomic E-state index is 5.34. The summed E-state index contributed by atoms with van der Waals surface area (Å²) >= 11 is 3.51. The van der Waals surface area contributed by atoms with Gasteiger partial charge in [-0.1, -0.05) is 30.3 Å². The molecule has 2 nitrogen and oxygen atoms in total. The van der Waals surface area contributed by atoms with Crippen LogP contribution in [-0.4, -0.2) is 14.2 Å². The molecule has 0 spiro atoms. The molecule has 0 amide bonds. The van der Waals surface area contributed by atoms with Crippen LogP contribution in [0.15, 0.2) is 46.9 Å². The molecule has 94 valence electrons. The molecule has 0 unspecified atom stereocenters. The van der Waals surface area contributed by atoms with Gasteiger partial charge in [0.1, 0.15) is 0 Å². The van der Waals surface area contributed by atoms with E-state index >= 15 is 0 Å². The van der Waals surface area contributed by atoms with Gasteiger partial charge in [0.2, 0.25) is 0 Å². The van der Waals surface area contributed by atoms with Crippen LogP contribution >= 0.6 is 15.9 Å². The lowest BCUT2D eigenvalue weighted by Crippen LogP contribution is -1.95. The maximum Gasteiger partial charge on any atom is 0.174 e. The van der Waals surface area contributed by atoms with Gasteiger partial charge in [0.05, 0.1) is 18.7 Å². The van der Waals surface area contributed by atoms with Crippen molar-refractivity contribution in [3.63, 3.8) is 0 Å². The predicted octanol–water partition coefficient (Wildman–Crippen LogP) is 4.06. The van der Waals surface area contributed by atoms with Gasteiger partial charge >= 0.3 is 0 Å². The van der Waals surface area contributed by atoms with Crippen LogP contribution in [0.25, 0.3) is 0 Å². The largest absolute Gasteiger partial charge is 0.493 e. The van der Waals surface area contributed by atoms with E-state index in [1.165, 1.54) is 11.1 Å². The van der Waals surface area contributed by atoms with Crippen LogP contribution in [0.5, 0.6) is 11.5 Å². The molecular formula is C15H15BrO2. The van der Waals surface area contributed by atoms with Gasteiger partial charge < -0.3 is 9.47 Å². The van der Waals surface area contributed by atoms with Gasteiger partial charge in [-0.3, -0.25) is 0 Å². The summed E-state index contributed by atoms with van der Waals surface area (Å²) in [6.07, 6.45) is 0.875. The summed E-state index contributed by atoms with van der Waals surface area (Å²) in [5.74, 6) is 1.48. The highest BCUT2D eigenvalue weighted by atomic mass is 79.9. The second kappa shape index (κ2) is 5.91. The van der Waals surface area contributed by atoms with Crippen LogP contribution in [0.2, 0.25) is 0 Å². The number of rotatable bonds is 4. The van der Waals surface area contributed by atoms with E-state index in [1.54, 1.807) is 14.2 Å². The fourth-order valence-electron chi connectivity index (χ4n) is 1.90. The quantitative estimate of drug-likeness (QED) is 0.848. The summed E-state index contributed by atoms with van der Waals surface area (Å²) in [4.78, 5) is 0. The Balaban J connectivity index is 2.32. The first-order chi connectivity index (χ1) is 8.74. The Morgan fingerprint density at radius 1 is 0.944 bits per heavy atom. The summed E-state index contributed by atoms with van der Waals surface area (Å²) in [6, 6.07) is 14.4. The minimum absolute atomic E-state index is 0.731. The molecule has 0 heterocycles. The molecule has 2 aromatic carbocycles. The van der Waals surface area contributed by atoms with Crippen molar-refractivity contribution in [3.8, 4) is 11.5 Å². The van der Waals surface area contributed by atoms with Gasteiger partial charge in [0.15, 0.2) is 11.5 Å². The zero-order valence-electron chi connectivity index (χ0n) is 10.4. The molecule has 0 aliphatic carbocycles. The van der Waals surface area contributed by atoms with Gasteiger partial charge in [-0.15, -0.1) is 0 Å². The smallest absolute Gasteiger partial charge is 0.174 e. The third-order valence-electron chi connectivity index (χ3n) is 2.74. The fourth-order valence-corrected chi connectivity index (χ4v) is 2.56. The number of hydrogen-bond donors (Lipinski definition) is 0. The first kappa shape index (κ1) is 13.0. The van der Waals surface area contributed by atoms with Gasteiger partial charge in [-0.2, -0.15) is 0 Å². The molecule has 0 aliphatic heterocycles. The molecule has 0 fully saturated rings. The highest BCUT2D eigenvalue weighted by Crippen LogP contribution is 2.36. The Bertz CT molecular complexity index is 524. The highest BCUT2D eigenvalue weighted by Gasteiger charge is 2.10. The summed E-state index contributed by atoms with van der Waals surface area (Å²) in [5.41, 5.74) is 2.46. The standard InChI is InChI=1S/C15H15BrO2/c1-17-14-10-12(9-13(16)15(14)18-2)8-11-6-4-3-5-7-11/h3-7,9-10H,8H2,1-2H3. The van der Waals surface area contributed by atoms with Crippen LogP contribution < -0.4 is 9.47 Å². The first-order valence-electron chi connectivity index (χ1n) is 5.69. The molecule has 0 radical (unpaired) electrons. The van der Waals surface area contributed by atoms with Crippen molar-refractivity contribution in [2.24, 2.45) is 0 Å². The molecule has 0 aliphatic rings. The number of halogens is 1. The third kappa shape index (κ3) is 2.85. The Kier molecular flexibility index (Phi) is 4.26. The van der Waals surface area contributed by atoms with Crippen molar-refractivity contribution in [3.05, 3.63) is 58.1 Å². The van der Waals surface area contributed by atoms with Crippen LogP contribution in [0.1, 0.15) is 11.1 Å². The van der Waals surface area contributed by atoms with Crippen LogP contribution in [-0.2, 0) is 6.42 Å². The molecule has 0 N–H and O–H groups in total. The average molecular weight is 307 g/mol. The van der Waals surface area contributed by atoms with E-state index in [-0.39, 0.29) is 0 Å². The molecule has 3 heteroatoms. The van der Waals surface area contributed by atoms with Gasteiger partial charge in [-0.05, 0) is 45.6 Å². The van der Waals surface area contributed by atoms with Crippen molar-refractivity contribution in [1.82, 2.24) is 0 Å². The zero-order valence-corrected chi connectivity index (χ0v) is 12.0. The van der Waals surface area contributed by atoms with Gasteiger partial charge in [-0.25, -0.2) is 0 Å². The van der Waals surface area contributed by atoms with Crippen molar-refractivity contribution in [2.75, 3.05) is 14.2 Å². The zero-order chi connectivity index (χ0) is 13.0. The Morgan fingerprint density at radius 3 is 2.28 bits per heavy atom. The van der Waals surface area contributed by atoms with E-state index in [4.69, 9.17) is 9.47 Å². The monoisotopic (exact) mass is 306 g/mol. The van der Waals surface area contributed by atoms with Gasteiger partial charge in [0, 0.05) is 0 Å². The van der Waals surface area contributed by atoms with Crippen molar-refractivity contribution in [1.29, 1.82) is 0 Å². The van der Waals surface area contributed by atoms with Gasteiger partial charge in [0.25, 0.3) is 0 Å². The first-order valence-corrected chi connectivity index (χ1v) is 6.48. The second-order valence-corrected chi connectivity index (χ2v) is 4.83. The molecule has 0 atom stereocenters. The predicted molar refractivity (Wildman–Crippen MR) is 76.5 cm³/mol. The number of methoxy groups -OCH3 is 2. The number of ether oxygens (including phenoxy) is 2. The minimum Gasteiger partial charge on any atom is -0.493 e. The Hall–Kier alpha value is -1.48. The molecule has 2 aromatic rings. The SMILES string of the molecule is COc1cc(Cc2ccccc2)cc(Br)c1OC. The van der Waals surface area contributed by atoms with E-state index in [0.717, 1.165) is 22.4 Å². The molecule has 0 saturated heterocycles. The van der Waals surface area contributed by atoms with E-state index in [2.05, 4.69) is 34.1 Å². The minimum atomic E-state index is 0.731. The lowest BCUT2D eigenvalue weighted by Gasteiger charge is -2.12. The van der Waals surface area contributed by atoms with Crippen molar-refractivity contribution in [2.45, 2.75) is 6.42 Å². The molecule has 18 heavy (non-hydrogen) atoms. The Labute approximate surface area is 116 Å². The summed E-state index contributed by atoms with van der Waals surface area (Å²) < 4.78 is 11.6.